The van der Waals surface area contributed by atoms with Crippen molar-refractivity contribution in [1.29, 1.82) is 0 Å². The molecule has 1 amide bonds. The molecule has 5 heteroatoms. The zero-order valence-electron chi connectivity index (χ0n) is 7.42. The van der Waals surface area contributed by atoms with E-state index in [0.717, 1.165) is 0 Å². The molecule has 0 radical (unpaired) electrons. The van der Waals surface area contributed by atoms with Crippen molar-refractivity contribution in [2.75, 3.05) is 7.11 Å². The summed E-state index contributed by atoms with van der Waals surface area (Å²) in [6.45, 7) is 3.47. The molecule has 0 aromatic heterocycles. The van der Waals surface area contributed by atoms with Crippen LogP contribution in [-0.2, 0) is 9.53 Å². The molecule has 1 aliphatic heterocycles. The van der Waals surface area contributed by atoms with Gasteiger partial charge in [0.1, 0.15) is 0 Å². The number of nitrogens with zero attached hydrogens (tertiary/aromatic N) is 1. The van der Waals surface area contributed by atoms with Crippen molar-refractivity contribution >= 4 is 11.9 Å². The Morgan fingerprint density at radius 2 is 2.33 bits per heavy atom. The summed E-state index contributed by atoms with van der Waals surface area (Å²) in [6.07, 6.45) is -0.279. The zero-order valence-corrected chi connectivity index (χ0v) is 7.42. The highest BCUT2D eigenvalue weighted by molar-refractivity contribution is 6.06. The Morgan fingerprint density at radius 1 is 1.75 bits per heavy atom. The quantitative estimate of drug-likeness (QED) is 0.572. The largest absolute Gasteiger partial charge is 0.379 e. The first-order valence-electron chi connectivity index (χ1n) is 3.70. The van der Waals surface area contributed by atoms with Gasteiger partial charge in [0.15, 0.2) is 11.5 Å². The second kappa shape index (κ2) is 2.75. The smallest absolute Gasteiger partial charge is 0.257 e. The van der Waals surface area contributed by atoms with Gasteiger partial charge in [-0.1, -0.05) is 0 Å². The van der Waals surface area contributed by atoms with Crippen LogP contribution in [0, 0.1) is 0 Å². The molecule has 0 spiro atoms. The number of carbonyl (C=O) groups excluding carboxylic acids is 1. The van der Waals surface area contributed by atoms with Crippen LogP contribution >= 0.6 is 0 Å². The number of nitrogens with one attached hydrogen (secondary N) is 1. The van der Waals surface area contributed by atoms with Crippen LogP contribution in [0.1, 0.15) is 13.8 Å². The van der Waals surface area contributed by atoms with Crippen LogP contribution in [0.2, 0.25) is 0 Å². The summed E-state index contributed by atoms with van der Waals surface area (Å²) in [5.41, 5.74) is 4.48. The second-order valence-corrected chi connectivity index (χ2v) is 2.98. The van der Waals surface area contributed by atoms with Gasteiger partial charge in [-0.15, -0.1) is 0 Å². The van der Waals surface area contributed by atoms with E-state index in [1.165, 1.54) is 7.11 Å². The van der Waals surface area contributed by atoms with Gasteiger partial charge in [0.25, 0.3) is 5.91 Å². The van der Waals surface area contributed by atoms with E-state index in [1.54, 1.807) is 13.8 Å². The predicted octanol–water partition coefficient (Wildman–Crippen LogP) is -0.775. The highest BCUT2D eigenvalue weighted by Crippen LogP contribution is 2.21. The molecule has 0 aliphatic carbocycles. The van der Waals surface area contributed by atoms with E-state index in [-0.39, 0.29) is 18.0 Å². The Hall–Kier alpha value is -1.10. The number of rotatable bonds is 2. The summed E-state index contributed by atoms with van der Waals surface area (Å²) in [6, 6.07) is 0. The van der Waals surface area contributed by atoms with Crippen molar-refractivity contribution in [3.05, 3.63) is 0 Å². The lowest BCUT2D eigenvalue weighted by atomic mass is 9.97. The average molecular weight is 171 g/mol. The number of hydrogen-bond acceptors (Lipinski definition) is 4. The van der Waals surface area contributed by atoms with Crippen LogP contribution < -0.4 is 11.1 Å². The van der Waals surface area contributed by atoms with Crippen molar-refractivity contribution in [3.63, 3.8) is 0 Å². The molecule has 1 heterocycles. The predicted molar refractivity (Wildman–Crippen MR) is 44.6 cm³/mol. The van der Waals surface area contributed by atoms with E-state index in [9.17, 15) is 4.79 Å². The van der Waals surface area contributed by atoms with E-state index >= 15 is 0 Å². The maximum atomic E-state index is 11.3. The van der Waals surface area contributed by atoms with Crippen LogP contribution in [0.4, 0.5) is 0 Å². The van der Waals surface area contributed by atoms with Gasteiger partial charge in [-0.05, 0) is 13.8 Å². The molecule has 1 aliphatic rings. The van der Waals surface area contributed by atoms with Gasteiger partial charge in [0.2, 0.25) is 0 Å². The number of ether oxygens (including phenoxy) is 1. The van der Waals surface area contributed by atoms with Gasteiger partial charge in [0.05, 0.1) is 6.10 Å². The molecule has 5 nitrogen and oxygen atoms in total. The SMILES string of the molecule is COC(C)C1(C)N=C(N)NC1=O. The maximum absolute atomic E-state index is 11.3. The van der Waals surface area contributed by atoms with E-state index in [2.05, 4.69) is 10.3 Å². The number of hydrogen-bond donors (Lipinski definition) is 2. The van der Waals surface area contributed by atoms with Gasteiger partial charge in [-0.3, -0.25) is 10.1 Å². The van der Waals surface area contributed by atoms with Crippen molar-refractivity contribution in [1.82, 2.24) is 5.32 Å². The van der Waals surface area contributed by atoms with Crippen LogP contribution in [-0.4, -0.2) is 30.6 Å². The number of amides is 1. The molecule has 2 unspecified atom stereocenters. The van der Waals surface area contributed by atoms with Crippen molar-refractivity contribution in [3.8, 4) is 0 Å². The summed E-state index contributed by atoms with van der Waals surface area (Å²) in [5, 5.41) is 2.43. The van der Waals surface area contributed by atoms with E-state index in [4.69, 9.17) is 10.5 Å². The Balaban J connectivity index is 2.90. The molecule has 0 saturated heterocycles. The number of methoxy groups -OCH3 is 1. The third-order valence-electron chi connectivity index (χ3n) is 2.20. The van der Waals surface area contributed by atoms with Crippen molar-refractivity contribution in [2.45, 2.75) is 25.5 Å². The third kappa shape index (κ3) is 1.16. The number of guanidine groups is 1. The molecular formula is C7H13N3O2. The first-order valence-corrected chi connectivity index (χ1v) is 3.70. The fourth-order valence-electron chi connectivity index (χ4n) is 1.08. The lowest BCUT2D eigenvalue weighted by Gasteiger charge is -2.23. The second-order valence-electron chi connectivity index (χ2n) is 2.98. The first-order chi connectivity index (χ1) is 5.50. The minimum atomic E-state index is -0.876. The number of nitrogens with two attached hydrogens (primary N) is 1. The highest BCUT2D eigenvalue weighted by atomic mass is 16.5. The number of aliphatic imine (C=N–C) groups is 1. The van der Waals surface area contributed by atoms with E-state index < -0.39 is 5.54 Å². The minimum absolute atomic E-state index is 0.159. The normalized spacial score (nSPS) is 31.2. The summed E-state index contributed by atoms with van der Waals surface area (Å²) in [4.78, 5) is 15.3. The Bertz CT molecular complexity index is 239. The Kier molecular flexibility index (Phi) is 2.06. The minimum Gasteiger partial charge on any atom is -0.379 e. The molecule has 2 atom stereocenters. The highest BCUT2D eigenvalue weighted by Gasteiger charge is 2.43. The topological polar surface area (TPSA) is 76.7 Å². The lowest BCUT2D eigenvalue weighted by molar-refractivity contribution is -0.127. The molecule has 1 rings (SSSR count). The summed E-state index contributed by atoms with van der Waals surface area (Å²) in [5.74, 6) is -0.0549. The van der Waals surface area contributed by atoms with Crippen molar-refractivity contribution in [2.24, 2.45) is 10.7 Å². The molecule has 68 valence electrons. The van der Waals surface area contributed by atoms with Gasteiger partial charge in [0, 0.05) is 7.11 Å². The Labute approximate surface area is 71.0 Å². The van der Waals surface area contributed by atoms with Crippen LogP contribution in [0.25, 0.3) is 0 Å². The average Bonchev–Trinajstić information content (AvgIpc) is 2.26. The third-order valence-corrected chi connectivity index (χ3v) is 2.20. The molecule has 0 aromatic carbocycles. The Morgan fingerprint density at radius 3 is 2.67 bits per heavy atom. The van der Waals surface area contributed by atoms with Crippen LogP contribution in [0.5, 0.6) is 0 Å². The molecule has 0 aromatic rings. The maximum Gasteiger partial charge on any atom is 0.257 e. The first kappa shape index (κ1) is 8.99. The molecule has 0 fully saturated rings. The monoisotopic (exact) mass is 171 g/mol. The molecule has 0 saturated carbocycles. The standard InChI is InChI=1S/C7H13N3O2/c1-4(12-3)7(2)5(11)9-6(8)10-7/h4H,1-3H3,(H3,8,9,10,11). The zero-order chi connectivity index (χ0) is 9.35. The van der Waals surface area contributed by atoms with Gasteiger partial charge < -0.3 is 10.5 Å². The fourth-order valence-corrected chi connectivity index (χ4v) is 1.08. The molecular weight excluding hydrogens is 158 g/mol. The van der Waals surface area contributed by atoms with Crippen LogP contribution in [0.15, 0.2) is 4.99 Å². The molecule has 0 bridgehead atoms. The van der Waals surface area contributed by atoms with E-state index in [0.29, 0.717) is 0 Å². The van der Waals surface area contributed by atoms with Crippen LogP contribution in [0.3, 0.4) is 0 Å². The van der Waals surface area contributed by atoms with Gasteiger partial charge in [-0.2, -0.15) is 0 Å². The van der Waals surface area contributed by atoms with Gasteiger partial charge >= 0.3 is 0 Å². The van der Waals surface area contributed by atoms with Gasteiger partial charge in [-0.25, -0.2) is 4.99 Å². The molecule has 3 N–H and O–H groups in total. The summed E-state index contributed by atoms with van der Waals surface area (Å²) < 4.78 is 5.03. The molecule has 12 heavy (non-hydrogen) atoms. The van der Waals surface area contributed by atoms with E-state index in [1.807, 2.05) is 0 Å². The summed E-state index contributed by atoms with van der Waals surface area (Å²) >= 11 is 0. The summed E-state index contributed by atoms with van der Waals surface area (Å²) in [7, 11) is 1.53. The lowest BCUT2D eigenvalue weighted by Crippen LogP contribution is -2.46. The number of carbonyl (C=O) groups is 1. The van der Waals surface area contributed by atoms with Crippen molar-refractivity contribution < 1.29 is 9.53 Å². The fraction of sp³-hybridized carbons (Fsp3) is 0.714.